The van der Waals surface area contributed by atoms with Crippen molar-refractivity contribution >= 4 is 50.9 Å². The molecule has 0 aliphatic rings. The van der Waals surface area contributed by atoms with Crippen molar-refractivity contribution in [2.24, 2.45) is 0 Å². The van der Waals surface area contributed by atoms with Gasteiger partial charge < -0.3 is 10.1 Å². The molecule has 0 unspecified atom stereocenters. The molecule has 1 N–H and O–H groups in total. The molecule has 178 valence electrons. The standard InChI is InChI=1S/C23H12BrClF3N3O4/c24-16-3-5-17(6-4-16)30-22(32)14(12-29)9-13-1-7-20(18(25)10-13)35-21-8-2-15(23(26,27)28)11-19(21)31(33)34/h1-11H,(H,30,32)/b14-9-. The van der Waals surface area contributed by atoms with Crippen LogP contribution >= 0.6 is 27.5 Å². The van der Waals surface area contributed by atoms with Crippen molar-refractivity contribution < 1.29 is 27.6 Å². The summed E-state index contributed by atoms with van der Waals surface area (Å²) in [6, 6.07) is 14.4. The lowest BCUT2D eigenvalue weighted by Crippen LogP contribution is -2.13. The summed E-state index contributed by atoms with van der Waals surface area (Å²) in [4.78, 5) is 22.7. The first-order valence-electron chi connectivity index (χ1n) is 9.49. The average molecular weight is 567 g/mol. The fourth-order valence-electron chi connectivity index (χ4n) is 2.78. The molecule has 0 aromatic heterocycles. The summed E-state index contributed by atoms with van der Waals surface area (Å²) in [5.41, 5.74) is -1.51. The quantitative estimate of drug-likeness (QED) is 0.145. The number of ether oxygens (including phenoxy) is 1. The maximum absolute atomic E-state index is 12.9. The summed E-state index contributed by atoms with van der Waals surface area (Å²) in [7, 11) is 0. The highest BCUT2D eigenvalue weighted by Crippen LogP contribution is 2.39. The van der Waals surface area contributed by atoms with E-state index in [4.69, 9.17) is 16.3 Å². The number of nitro groups is 1. The molecule has 0 aliphatic carbocycles. The molecule has 3 aromatic rings. The third-order valence-electron chi connectivity index (χ3n) is 4.44. The van der Waals surface area contributed by atoms with Crippen LogP contribution in [0.15, 0.2) is 70.7 Å². The Bertz CT molecular complexity index is 1370. The normalized spacial score (nSPS) is 11.5. The van der Waals surface area contributed by atoms with E-state index < -0.39 is 34.0 Å². The second-order valence-electron chi connectivity index (χ2n) is 6.86. The topological polar surface area (TPSA) is 105 Å². The maximum atomic E-state index is 12.9. The highest BCUT2D eigenvalue weighted by Gasteiger charge is 2.33. The molecule has 0 atom stereocenters. The van der Waals surface area contributed by atoms with Gasteiger partial charge >= 0.3 is 11.9 Å². The molecule has 0 fully saturated rings. The van der Waals surface area contributed by atoms with Crippen molar-refractivity contribution in [2.75, 3.05) is 5.32 Å². The van der Waals surface area contributed by atoms with E-state index >= 15 is 0 Å². The van der Waals surface area contributed by atoms with Gasteiger partial charge in [-0.05, 0) is 60.2 Å². The zero-order chi connectivity index (χ0) is 25.8. The summed E-state index contributed by atoms with van der Waals surface area (Å²) in [6.45, 7) is 0. The third kappa shape index (κ3) is 6.59. The van der Waals surface area contributed by atoms with Gasteiger partial charge in [0.1, 0.15) is 17.4 Å². The SMILES string of the molecule is N#C/C(=C/c1ccc(Oc2ccc(C(F)(F)F)cc2[N+](=O)[O-])c(Cl)c1)C(=O)Nc1ccc(Br)cc1. The molecule has 35 heavy (non-hydrogen) atoms. The molecule has 3 aromatic carbocycles. The van der Waals surface area contributed by atoms with Crippen molar-refractivity contribution in [2.45, 2.75) is 6.18 Å². The number of rotatable bonds is 6. The van der Waals surface area contributed by atoms with Gasteiger partial charge in [0.2, 0.25) is 5.75 Å². The van der Waals surface area contributed by atoms with Gasteiger partial charge in [-0.2, -0.15) is 18.4 Å². The average Bonchev–Trinajstić information content (AvgIpc) is 2.80. The van der Waals surface area contributed by atoms with Crippen molar-refractivity contribution in [3.8, 4) is 17.6 Å². The highest BCUT2D eigenvalue weighted by molar-refractivity contribution is 9.10. The number of benzene rings is 3. The molecule has 0 spiro atoms. The van der Waals surface area contributed by atoms with E-state index in [-0.39, 0.29) is 16.3 Å². The molecule has 3 rings (SSSR count). The lowest BCUT2D eigenvalue weighted by atomic mass is 10.1. The Balaban J connectivity index is 1.83. The number of nitrogens with zero attached hydrogens (tertiary/aromatic N) is 2. The van der Waals surface area contributed by atoms with E-state index in [1.54, 1.807) is 30.3 Å². The number of halogens is 5. The second kappa shape index (κ2) is 10.6. The Labute approximate surface area is 209 Å². The summed E-state index contributed by atoms with van der Waals surface area (Å²) in [5, 5.41) is 23.1. The van der Waals surface area contributed by atoms with E-state index in [0.717, 1.165) is 10.5 Å². The summed E-state index contributed by atoms with van der Waals surface area (Å²) >= 11 is 9.45. The van der Waals surface area contributed by atoms with Crippen LogP contribution in [0.5, 0.6) is 11.5 Å². The van der Waals surface area contributed by atoms with Gasteiger partial charge in [-0.15, -0.1) is 0 Å². The maximum Gasteiger partial charge on any atom is 0.416 e. The van der Waals surface area contributed by atoms with Gasteiger partial charge in [0, 0.05) is 16.2 Å². The molecule has 0 saturated heterocycles. The van der Waals surface area contributed by atoms with E-state index in [0.29, 0.717) is 23.4 Å². The van der Waals surface area contributed by atoms with Crippen molar-refractivity contribution in [3.63, 3.8) is 0 Å². The largest absolute Gasteiger partial charge is 0.449 e. The van der Waals surface area contributed by atoms with Crippen LogP contribution in [-0.2, 0) is 11.0 Å². The van der Waals surface area contributed by atoms with Crippen LogP contribution in [0.25, 0.3) is 6.08 Å². The zero-order valence-electron chi connectivity index (χ0n) is 17.3. The van der Waals surface area contributed by atoms with Crippen LogP contribution in [0.1, 0.15) is 11.1 Å². The number of nitro benzene ring substituents is 1. The van der Waals surface area contributed by atoms with Gasteiger partial charge in [-0.25, -0.2) is 0 Å². The van der Waals surface area contributed by atoms with Crippen LogP contribution in [0, 0.1) is 21.4 Å². The molecule has 0 aliphatic heterocycles. The Hall–Kier alpha value is -3.88. The minimum absolute atomic E-state index is 0.0569. The van der Waals surface area contributed by atoms with Crippen LogP contribution in [-0.4, -0.2) is 10.8 Å². The zero-order valence-corrected chi connectivity index (χ0v) is 19.6. The van der Waals surface area contributed by atoms with E-state index in [9.17, 15) is 33.3 Å². The number of anilines is 1. The van der Waals surface area contributed by atoms with Gasteiger partial charge in [0.05, 0.1) is 15.5 Å². The van der Waals surface area contributed by atoms with Crippen LogP contribution in [0.3, 0.4) is 0 Å². The summed E-state index contributed by atoms with van der Waals surface area (Å²) in [5.74, 6) is -1.18. The smallest absolute Gasteiger partial charge is 0.416 e. The monoisotopic (exact) mass is 565 g/mol. The third-order valence-corrected chi connectivity index (χ3v) is 5.26. The lowest BCUT2D eigenvalue weighted by molar-refractivity contribution is -0.385. The van der Waals surface area contributed by atoms with Crippen LogP contribution in [0.2, 0.25) is 5.02 Å². The number of hydrogen-bond acceptors (Lipinski definition) is 5. The molecular weight excluding hydrogens is 555 g/mol. The fraction of sp³-hybridized carbons (Fsp3) is 0.0435. The summed E-state index contributed by atoms with van der Waals surface area (Å²) < 4.78 is 44.8. The number of nitriles is 1. The molecule has 0 radical (unpaired) electrons. The molecule has 0 heterocycles. The number of carbonyl (C=O) groups excluding carboxylic acids is 1. The number of carbonyl (C=O) groups is 1. The first kappa shape index (κ1) is 25.7. The molecule has 12 heteroatoms. The van der Waals surface area contributed by atoms with E-state index in [2.05, 4.69) is 21.2 Å². The van der Waals surface area contributed by atoms with Crippen molar-refractivity contribution in [1.82, 2.24) is 0 Å². The van der Waals surface area contributed by atoms with Gasteiger partial charge in [-0.1, -0.05) is 33.6 Å². The Morgan fingerprint density at radius 1 is 1.11 bits per heavy atom. The Morgan fingerprint density at radius 3 is 2.34 bits per heavy atom. The minimum atomic E-state index is -4.77. The first-order valence-corrected chi connectivity index (χ1v) is 10.7. The molecular formula is C23H12BrClF3N3O4. The van der Waals surface area contributed by atoms with Crippen LogP contribution < -0.4 is 10.1 Å². The van der Waals surface area contributed by atoms with E-state index in [1.165, 1.54) is 24.3 Å². The Morgan fingerprint density at radius 2 is 1.77 bits per heavy atom. The number of alkyl halides is 3. The van der Waals surface area contributed by atoms with Gasteiger partial charge in [-0.3, -0.25) is 14.9 Å². The Kier molecular flexibility index (Phi) is 7.78. The number of hydrogen-bond donors (Lipinski definition) is 1. The fourth-order valence-corrected chi connectivity index (χ4v) is 3.27. The molecule has 1 amide bonds. The lowest BCUT2D eigenvalue weighted by Gasteiger charge is -2.11. The second-order valence-corrected chi connectivity index (χ2v) is 8.18. The molecule has 7 nitrogen and oxygen atoms in total. The summed E-state index contributed by atoms with van der Waals surface area (Å²) in [6.07, 6.45) is -3.50. The van der Waals surface area contributed by atoms with Crippen molar-refractivity contribution in [1.29, 1.82) is 5.26 Å². The highest BCUT2D eigenvalue weighted by atomic mass is 79.9. The van der Waals surface area contributed by atoms with E-state index in [1.807, 2.05) is 0 Å². The first-order chi connectivity index (χ1) is 16.5. The predicted molar refractivity (Wildman–Crippen MR) is 126 cm³/mol. The van der Waals surface area contributed by atoms with Crippen molar-refractivity contribution in [3.05, 3.63) is 97.0 Å². The molecule has 0 bridgehead atoms. The van der Waals surface area contributed by atoms with Gasteiger partial charge in [0.15, 0.2) is 0 Å². The predicted octanol–water partition coefficient (Wildman–Crippen LogP) is 7.37. The van der Waals surface area contributed by atoms with Gasteiger partial charge in [0.25, 0.3) is 5.91 Å². The number of amides is 1. The minimum Gasteiger partial charge on any atom is -0.449 e. The van der Waals surface area contributed by atoms with Crippen LogP contribution in [0.4, 0.5) is 24.5 Å². The number of nitrogens with one attached hydrogen (secondary N) is 1. The molecule has 0 saturated carbocycles.